The smallest absolute Gasteiger partial charge is 0.332 e. The molecule has 0 saturated carbocycles. The fourth-order valence-corrected chi connectivity index (χ4v) is 3.54. The Hall–Kier alpha value is -2.87. The largest absolute Gasteiger partial charge is 0.396 e. The maximum Gasteiger partial charge on any atom is 0.332 e. The zero-order valence-electron chi connectivity index (χ0n) is 14.8. The van der Waals surface area contributed by atoms with Gasteiger partial charge in [-0.15, -0.1) is 0 Å². The fraction of sp³-hybridized carbons (Fsp3) is 0.389. The van der Waals surface area contributed by atoms with E-state index in [1.54, 1.807) is 7.05 Å². The number of anilines is 2. The molecule has 3 aromatic rings. The molecule has 136 valence electrons. The highest BCUT2D eigenvalue weighted by atomic mass is 16.3. The van der Waals surface area contributed by atoms with Crippen LogP contribution in [0.5, 0.6) is 0 Å². The molecule has 1 aromatic carbocycles. The second kappa shape index (κ2) is 6.14. The number of aliphatic hydroxyl groups excluding tert-OH is 1. The Morgan fingerprint density at radius 2 is 2.04 bits per heavy atom. The third kappa shape index (κ3) is 2.37. The molecule has 0 saturated heterocycles. The molecule has 2 aromatic heterocycles. The van der Waals surface area contributed by atoms with Gasteiger partial charge in [-0.1, -0.05) is 12.1 Å². The molecule has 26 heavy (non-hydrogen) atoms. The van der Waals surface area contributed by atoms with Crippen LogP contribution in [-0.4, -0.2) is 36.9 Å². The SMILES string of the molecule is Cc1cccc(N2CCn3c2nc2c3c(=O)n(CCCO)c(=O)n2C)c1. The van der Waals surface area contributed by atoms with Crippen molar-refractivity contribution in [2.24, 2.45) is 7.05 Å². The molecule has 8 heteroatoms. The summed E-state index contributed by atoms with van der Waals surface area (Å²) in [6.07, 6.45) is 0.358. The average Bonchev–Trinajstić information content (AvgIpc) is 3.19. The first kappa shape index (κ1) is 16.6. The minimum atomic E-state index is -0.408. The second-order valence-electron chi connectivity index (χ2n) is 6.60. The Morgan fingerprint density at radius 3 is 2.77 bits per heavy atom. The third-order valence-corrected chi connectivity index (χ3v) is 4.85. The van der Waals surface area contributed by atoms with E-state index in [0.29, 0.717) is 30.1 Å². The Morgan fingerprint density at radius 1 is 1.23 bits per heavy atom. The number of hydrogen-bond donors (Lipinski definition) is 1. The average molecular weight is 355 g/mol. The predicted octanol–water partition coefficient (Wildman–Crippen LogP) is 0.739. The van der Waals surface area contributed by atoms with Gasteiger partial charge >= 0.3 is 5.69 Å². The van der Waals surface area contributed by atoms with Gasteiger partial charge in [-0.2, -0.15) is 4.98 Å². The highest BCUT2D eigenvalue weighted by Crippen LogP contribution is 2.31. The molecule has 0 atom stereocenters. The van der Waals surface area contributed by atoms with Gasteiger partial charge in [-0.05, 0) is 31.0 Å². The molecule has 0 fully saturated rings. The third-order valence-electron chi connectivity index (χ3n) is 4.85. The van der Waals surface area contributed by atoms with Crippen LogP contribution in [-0.2, 0) is 20.1 Å². The molecule has 0 spiro atoms. The zero-order valence-corrected chi connectivity index (χ0v) is 14.8. The summed E-state index contributed by atoms with van der Waals surface area (Å²) in [5.74, 6) is 0.678. The van der Waals surface area contributed by atoms with E-state index in [-0.39, 0.29) is 18.7 Å². The van der Waals surface area contributed by atoms with Crippen molar-refractivity contribution in [1.82, 2.24) is 18.7 Å². The van der Waals surface area contributed by atoms with Crippen LogP contribution in [0.15, 0.2) is 33.9 Å². The van der Waals surface area contributed by atoms with E-state index in [9.17, 15) is 9.59 Å². The number of imidazole rings is 1. The molecule has 1 N–H and O–H groups in total. The van der Waals surface area contributed by atoms with Gasteiger partial charge in [0, 0.05) is 39.0 Å². The quantitative estimate of drug-likeness (QED) is 0.746. The lowest BCUT2D eigenvalue weighted by Gasteiger charge is -2.16. The monoisotopic (exact) mass is 355 g/mol. The fourth-order valence-electron chi connectivity index (χ4n) is 3.54. The molecular formula is C18H21N5O3. The summed E-state index contributed by atoms with van der Waals surface area (Å²) in [5, 5.41) is 9.04. The topological polar surface area (TPSA) is 85.3 Å². The van der Waals surface area contributed by atoms with Crippen LogP contribution in [0, 0.1) is 6.92 Å². The van der Waals surface area contributed by atoms with E-state index >= 15 is 0 Å². The van der Waals surface area contributed by atoms with Gasteiger partial charge < -0.3 is 14.6 Å². The molecule has 0 bridgehead atoms. The number of hydrogen-bond acceptors (Lipinski definition) is 5. The second-order valence-corrected chi connectivity index (χ2v) is 6.60. The van der Waals surface area contributed by atoms with Crippen LogP contribution in [0.4, 0.5) is 11.6 Å². The van der Waals surface area contributed by atoms with Crippen LogP contribution in [0.1, 0.15) is 12.0 Å². The van der Waals surface area contributed by atoms with Gasteiger partial charge in [0.2, 0.25) is 5.95 Å². The molecule has 3 heterocycles. The first-order valence-corrected chi connectivity index (χ1v) is 8.68. The Balaban J connectivity index is 1.92. The van der Waals surface area contributed by atoms with E-state index in [2.05, 4.69) is 16.0 Å². The number of benzene rings is 1. The highest BCUT2D eigenvalue weighted by molar-refractivity contribution is 5.77. The van der Waals surface area contributed by atoms with Crippen molar-refractivity contribution < 1.29 is 5.11 Å². The van der Waals surface area contributed by atoms with Crippen LogP contribution in [0.2, 0.25) is 0 Å². The van der Waals surface area contributed by atoms with Gasteiger partial charge in [0.25, 0.3) is 5.56 Å². The van der Waals surface area contributed by atoms with Crippen LogP contribution >= 0.6 is 0 Å². The van der Waals surface area contributed by atoms with E-state index in [1.807, 2.05) is 29.7 Å². The van der Waals surface area contributed by atoms with Gasteiger partial charge in [-0.3, -0.25) is 13.9 Å². The van der Waals surface area contributed by atoms with Crippen molar-refractivity contribution >= 4 is 22.8 Å². The molecule has 1 aliphatic heterocycles. The summed E-state index contributed by atoms with van der Waals surface area (Å²) >= 11 is 0. The number of fused-ring (bicyclic) bond motifs is 3. The Kier molecular flexibility index (Phi) is 3.91. The van der Waals surface area contributed by atoms with Crippen molar-refractivity contribution in [2.45, 2.75) is 26.4 Å². The maximum absolute atomic E-state index is 12.9. The Bertz CT molecular complexity index is 1110. The molecule has 0 unspecified atom stereocenters. The first-order chi connectivity index (χ1) is 12.5. The lowest BCUT2D eigenvalue weighted by molar-refractivity contribution is 0.277. The molecule has 1 aliphatic rings. The van der Waals surface area contributed by atoms with Crippen molar-refractivity contribution in [3.05, 3.63) is 50.7 Å². The zero-order chi connectivity index (χ0) is 18.4. The van der Waals surface area contributed by atoms with Gasteiger partial charge in [0.15, 0.2) is 11.2 Å². The number of rotatable bonds is 4. The minimum absolute atomic E-state index is 0.0702. The number of aliphatic hydroxyl groups is 1. The molecule has 0 aliphatic carbocycles. The minimum Gasteiger partial charge on any atom is -0.396 e. The number of aromatic nitrogens is 4. The summed E-state index contributed by atoms with van der Waals surface area (Å²) in [7, 11) is 1.62. The van der Waals surface area contributed by atoms with E-state index < -0.39 is 5.69 Å². The standard InChI is InChI=1S/C18H21N5O3/c1-12-5-3-6-13(11-12)21-8-9-22-14-15(19-17(21)22)20(2)18(26)23(16(14)25)7-4-10-24/h3,5-6,11,24H,4,7-10H2,1-2H3. The normalized spacial score (nSPS) is 13.6. The van der Waals surface area contributed by atoms with Crippen molar-refractivity contribution in [2.75, 3.05) is 18.1 Å². The molecule has 4 rings (SSSR count). The van der Waals surface area contributed by atoms with Crippen LogP contribution < -0.4 is 16.1 Å². The summed E-state index contributed by atoms with van der Waals surface area (Å²) in [6.45, 7) is 3.51. The van der Waals surface area contributed by atoms with Gasteiger partial charge in [0.1, 0.15) is 0 Å². The van der Waals surface area contributed by atoms with E-state index in [0.717, 1.165) is 17.8 Å². The lowest BCUT2D eigenvalue weighted by atomic mass is 10.2. The molecule has 8 nitrogen and oxygen atoms in total. The highest BCUT2D eigenvalue weighted by Gasteiger charge is 2.28. The molecule has 0 radical (unpaired) electrons. The number of aryl methyl sites for hydroxylation is 2. The molecule has 0 amide bonds. The summed E-state index contributed by atoms with van der Waals surface area (Å²) in [5.41, 5.74) is 2.25. The first-order valence-electron chi connectivity index (χ1n) is 8.68. The predicted molar refractivity (Wildman–Crippen MR) is 99.1 cm³/mol. The van der Waals surface area contributed by atoms with Crippen LogP contribution in [0.3, 0.4) is 0 Å². The van der Waals surface area contributed by atoms with E-state index in [4.69, 9.17) is 5.11 Å². The summed E-state index contributed by atoms with van der Waals surface area (Å²) in [4.78, 5) is 32.1. The van der Waals surface area contributed by atoms with E-state index in [1.165, 1.54) is 9.13 Å². The van der Waals surface area contributed by atoms with Gasteiger partial charge in [-0.25, -0.2) is 4.79 Å². The van der Waals surface area contributed by atoms with Gasteiger partial charge in [0.05, 0.1) is 0 Å². The summed E-state index contributed by atoms with van der Waals surface area (Å²) < 4.78 is 4.48. The van der Waals surface area contributed by atoms with Crippen molar-refractivity contribution in [1.29, 1.82) is 0 Å². The lowest BCUT2D eigenvalue weighted by Crippen LogP contribution is -2.39. The Labute approximate surface area is 149 Å². The van der Waals surface area contributed by atoms with Crippen LogP contribution in [0.25, 0.3) is 11.2 Å². The molecular weight excluding hydrogens is 334 g/mol. The van der Waals surface area contributed by atoms with Crippen molar-refractivity contribution in [3.63, 3.8) is 0 Å². The summed E-state index contributed by atoms with van der Waals surface area (Å²) in [6, 6.07) is 8.12. The van der Waals surface area contributed by atoms with Crippen molar-refractivity contribution in [3.8, 4) is 0 Å². The maximum atomic E-state index is 12.9. The number of nitrogens with zero attached hydrogens (tertiary/aromatic N) is 5.